The van der Waals surface area contributed by atoms with Crippen LogP contribution in [0.3, 0.4) is 0 Å². The molecule has 1 atom stereocenters. The molecule has 0 amide bonds. The zero-order valence-electron chi connectivity index (χ0n) is 13.6. The van der Waals surface area contributed by atoms with E-state index in [1.54, 1.807) is 0 Å². The molecule has 0 radical (unpaired) electrons. The first kappa shape index (κ1) is 13.4. The summed E-state index contributed by atoms with van der Waals surface area (Å²) >= 11 is 0. The molecule has 118 valence electrons. The third-order valence-corrected chi connectivity index (χ3v) is 4.75. The molecular formula is C20H17N3O. The normalized spacial score (nSPS) is 16.2. The standard InChI is InChI=1S/C20H17N3O/c1-13-11-12-18(24-13)20-22(2)16-9-5-3-7-14(16)19-21-15-8-4-6-10-17(15)23(19)20/h3-12,20H,1-2H3/t20-/m1/s1. The Kier molecular flexibility index (Phi) is 2.65. The SMILES string of the molecule is Cc1ccc([C@@H]2N(C)c3ccccc3-c3nc4ccccc4n32)o1. The molecule has 0 fully saturated rings. The van der Waals surface area contributed by atoms with E-state index < -0.39 is 0 Å². The van der Waals surface area contributed by atoms with Gasteiger partial charge < -0.3 is 9.32 Å². The first-order valence-electron chi connectivity index (χ1n) is 8.09. The summed E-state index contributed by atoms with van der Waals surface area (Å²) in [5.74, 6) is 2.83. The maximum Gasteiger partial charge on any atom is 0.167 e. The van der Waals surface area contributed by atoms with Crippen LogP contribution < -0.4 is 4.90 Å². The van der Waals surface area contributed by atoms with Crippen molar-refractivity contribution in [1.82, 2.24) is 9.55 Å². The maximum absolute atomic E-state index is 5.99. The fourth-order valence-corrected chi connectivity index (χ4v) is 3.67. The fraction of sp³-hybridized carbons (Fsp3) is 0.150. The first-order chi connectivity index (χ1) is 11.7. The number of furan rings is 1. The van der Waals surface area contributed by atoms with E-state index in [9.17, 15) is 0 Å². The van der Waals surface area contributed by atoms with Crippen LogP contribution in [-0.4, -0.2) is 16.6 Å². The maximum atomic E-state index is 5.99. The molecule has 1 aliphatic rings. The zero-order valence-corrected chi connectivity index (χ0v) is 13.6. The summed E-state index contributed by atoms with van der Waals surface area (Å²) in [5.41, 5.74) is 4.44. The van der Waals surface area contributed by atoms with Gasteiger partial charge in [-0.05, 0) is 43.3 Å². The van der Waals surface area contributed by atoms with Gasteiger partial charge in [0.15, 0.2) is 6.17 Å². The van der Waals surface area contributed by atoms with Gasteiger partial charge in [0.05, 0.1) is 11.0 Å². The van der Waals surface area contributed by atoms with Gasteiger partial charge in [-0.3, -0.25) is 4.57 Å². The second-order valence-corrected chi connectivity index (χ2v) is 6.24. The van der Waals surface area contributed by atoms with Gasteiger partial charge >= 0.3 is 0 Å². The molecule has 5 rings (SSSR count). The third kappa shape index (κ3) is 1.71. The molecular weight excluding hydrogens is 298 g/mol. The predicted octanol–water partition coefficient (Wildman–Crippen LogP) is 4.60. The van der Waals surface area contributed by atoms with E-state index in [4.69, 9.17) is 9.40 Å². The van der Waals surface area contributed by atoms with Crippen LogP contribution in [0.4, 0.5) is 5.69 Å². The molecule has 0 spiro atoms. The van der Waals surface area contributed by atoms with Gasteiger partial charge in [0, 0.05) is 18.3 Å². The minimum atomic E-state index is -0.0454. The van der Waals surface area contributed by atoms with E-state index >= 15 is 0 Å². The van der Waals surface area contributed by atoms with Crippen molar-refractivity contribution in [3.05, 3.63) is 72.2 Å². The molecule has 0 bridgehead atoms. The Bertz CT molecular complexity index is 1060. The lowest BCUT2D eigenvalue weighted by Gasteiger charge is -2.36. The molecule has 1 aliphatic heterocycles. The van der Waals surface area contributed by atoms with Gasteiger partial charge in [0.2, 0.25) is 0 Å². The van der Waals surface area contributed by atoms with Crippen molar-refractivity contribution < 1.29 is 4.42 Å². The first-order valence-corrected chi connectivity index (χ1v) is 8.09. The summed E-state index contributed by atoms with van der Waals surface area (Å²) in [6.07, 6.45) is -0.0454. The number of hydrogen-bond acceptors (Lipinski definition) is 3. The summed E-state index contributed by atoms with van der Waals surface area (Å²) < 4.78 is 8.27. The third-order valence-electron chi connectivity index (χ3n) is 4.75. The van der Waals surface area contributed by atoms with Crippen molar-refractivity contribution in [2.24, 2.45) is 0 Å². The largest absolute Gasteiger partial charge is 0.462 e. The molecule has 0 saturated carbocycles. The van der Waals surface area contributed by atoms with E-state index in [-0.39, 0.29) is 6.17 Å². The van der Waals surface area contributed by atoms with Crippen LogP contribution in [-0.2, 0) is 0 Å². The van der Waals surface area contributed by atoms with Crippen molar-refractivity contribution in [3.63, 3.8) is 0 Å². The highest BCUT2D eigenvalue weighted by molar-refractivity contribution is 5.87. The molecule has 0 N–H and O–H groups in total. The van der Waals surface area contributed by atoms with Crippen LogP contribution >= 0.6 is 0 Å². The molecule has 4 aromatic rings. The van der Waals surface area contributed by atoms with Gasteiger partial charge in [-0.15, -0.1) is 0 Å². The van der Waals surface area contributed by atoms with Crippen LogP contribution in [0.2, 0.25) is 0 Å². The Labute approximate surface area is 140 Å². The molecule has 24 heavy (non-hydrogen) atoms. The van der Waals surface area contributed by atoms with Crippen LogP contribution in [0.1, 0.15) is 17.7 Å². The average molecular weight is 315 g/mol. The summed E-state index contributed by atoms with van der Waals surface area (Å²) in [6.45, 7) is 1.98. The second-order valence-electron chi connectivity index (χ2n) is 6.24. The van der Waals surface area contributed by atoms with E-state index in [1.807, 2.05) is 19.1 Å². The Morgan fingerprint density at radius 1 is 0.958 bits per heavy atom. The highest BCUT2D eigenvalue weighted by Crippen LogP contribution is 2.43. The van der Waals surface area contributed by atoms with Gasteiger partial charge in [0.25, 0.3) is 0 Å². The fourth-order valence-electron chi connectivity index (χ4n) is 3.67. The van der Waals surface area contributed by atoms with E-state index in [0.717, 1.165) is 33.9 Å². The molecule has 2 aromatic heterocycles. The smallest absolute Gasteiger partial charge is 0.167 e. The van der Waals surface area contributed by atoms with Crippen LogP contribution in [0.15, 0.2) is 65.1 Å². The molecule has 4 nitrogen and oxygen atoms in total. The Morgan fingerprint density at radius 3 is 2.58 bits per heavy atom. The summed E-state index contributed by atoms with van der Waals surface area (Å²) in [5, 5.41) is 0. The van der Waals surface area contributed by atoms with Gasteiger partial charge in [-0.1, -0.05) is 24.3 Å². The van der Waals surface area contributed by atoms with Crippen LogP contribution in [0.5, 0.6) is 0 Å². The molecule has 0 aliphatic carbocycles. The Morgan fingerprint density at radius 2 is 1.75 bits per heavy atom. The van der Waals surface area contributed by atoms with Crippen molar-refractivity contribution in [2.45, 2.75) is 13.1 Å². The van der Waals surface area contributed by atoms with Gasteiger partial charge in [-0.2, -0.15) is 0 Å². The summed E-state index contributed by atoms with van der Waals surface area (Å²) in [4.78, 5) is 7.16. The monoisotopic (exact) mass is 315 g/mol. The number of rotatable bonds is 1. The van der Waals surface area contributed by atoms with Crippen molar-refractivity contribution in [1.29, 1.82) is 0 Å². The number of nitrogens with zero attached hydrogens (tertiary/aromatic N) is 3. The number of aromatic nitrogens is 2. The quantitative estimate of drug-likeness (QED) is 0.515. The van der Waals surface area contributed by atoms with E-state index in [2.05, 4.69) is 65.0 Å². The highest BCUT2D eigenvalue weighted by atomic mass is 16.3. The minimum absolute atomic E-state index is 0.0454. The van der Waals surface area contributed by atoms with E-state index in [0.29, 0.717) is 0 Å². The zero-order chi connectivity index (χ0) is 16.3. The number of fused-ring (bicyclic) bond motifs is 5. The number of para-hydroxylation sites is 3. The highest BCUT2D eigenvalue weighted by Gasteiger charge is 2.33. The number of anilines is 1. The Balaban J connectivity index is 1.88. The number of hydrogen-bond donors (Lipinski definition) is 0. The topological polar surface area (TPSA) is 34.2 Å². The van der Waals surface area contributed by atoms with Crippen molar-refractivity contribution in [3.8, 4) is 11.4 Å². The van der Waals surface area contributed by atoms with Gasteiger partial charge in [-0.25, -0.2) is 4.98 Å². The molecule has 4 heteroatoms. The molecule has 0 unspecified atom stereocenters. The number of benzene rings is 2. The van der Waals surface area contributed by atoms with Crippen molar-refractivity contribution in [2.75, 3.05) is 11.9 Å². The lowest BCUT2D eigenvalue weighted by atomic mass is 10.1. The average Bonchev–Trinajstić information content (AvgIpc) is 3.20. The van der Waals surface area contributed by atoms with Crippen molar-refractivity contribution >= 4 is 16.7 Å². The number of imidazole rings is 1. The van der Waals surface area contributed by atoms with E-state index in [1.165, 1.54) is 5.69 Å². The minimum Gasteiger partial charge on any atom is -0.462 e. The second kappa shape index (κ2) is 4.74. The summed E-state index contributed by atoms with van der Waals surface area (Å²) in [6, 6.07) is 20.8. The van der Waals surface area contributed by atoms with Crippen LogP contribution in [0.25, 0.3) is 22.4 Å². The molecule has 0 saturated heterocycles. The Hall–Kier alpha value is -3.01. The molecule has 3 heterocycles. The number of aryl methyl sites for hydroxylation is 1. The van der Waals surface area contributed by atoms with Gasteiger partial charge in [0.1, 0.15) is 17.3 Å². The predicted molar refractivity (Wildman–Crippen MR) is 95.2 cm³/mol. The van der Waals surface area contributed by atoms with Crippen LogP contribution in [0, 0.1) is 6.92 Å². The lowest BCUT2D eigenvalue weighted by molar-refractivity contribution is 0.413. The lowest BCUT2D eigenvalue weighted by Crippen LogP contribution is -2.33. The summed E-state index contributed by atoms with van der Waals surface area (Å²) in [7, 11) is 2.11. The molecule has 2 aromatic carbocycles.